The van der Waals surface area contributed by atoms with E-state index in [1.54, 1.807) is 0 Å². The van der Waals surface area contributed by atoms with E-state index in [0.29, 0.717) is 25.5 Å². The SMILES string of the molecule is CC.Cc1ccc2nc(Cc3ccc4cc3OCCCc3cc(-c5ccc(CO)cc5)ccc3COc3cccc-4n3)n(CC3CCO3)c2c1. The Balaban J connectivity index is 0.00000193. The van der Waals surface area contributed by atoms with E-state index in [4.69, 9.17) is 24.2 Å². The molecule has 1 saturated heterocycles. The van der Waals surface area contributed by atoms with Crippen molar-refractivity contribution < 1.29 is 19.3 Å². The van der Waals surface area contributed by atoms with E-state index in [1.165, 1.54) is 11.1 Å². The predicted molar refractivity (Wildman–Crippen MR) is 199 cm³/mol. The molecule has 4 aromatic carbocycles. The van der Waals surface area contributed by atoms with Crippen LogP contribution in [0.3, 0.4) is 0 Å². The second-order valence-corrected chi connectivity index (χ2v) is 12.9. The minimum atomic E-state index is 0.0385. The van der Waals surface area contributed by atoms with Crippen LogP contribution in [0.5, 0.6) is 11.6 Å². The van der Waals surface area contributed by atoms with Crippen LogP contribution < -0.4 is 9.47 Å². The summed E-state index contributed by atoms with van der Waals surface area (Å²) in [5, 5.41) is 9.48. The van der Waals surface area contributed by atoms with Gasteiger partial charge >= 0.3 is 0 Å². The first-order valence-corrected chi connectivity index (χ1v) is 17.8. The summed E-state index contributed by atoms with van der Waals surface area (Å²) in [5.74, 6) is 2.46. The number of aryl methyl sites for hydroxylation is 2. The van der Waals surface area contributed by atoms with Crippen molar-refractivity contribution >= 4 is 11.0 Å². The van der Waals surface area contributed by atoms with Gasteiger partial charge in [-0.2, -0.15) is 0 Å². The molecular formula is C43H45N3O4. The van der Waals surface area contributed by atoms with Gasteiger partial charge in [0.15, 0.2) is 0 Å². The number of fused-ring (bicyclic) bond motifs is 7. The van der Waals surface area contributed by atoms with Gasteiger partial charge in [-0.05, 0) is 83.8 Å². The molecule has 7 heteroatoms. The third-order valence-electron chi connectivity index (χ3n) is 9.50. The number of hydrogen-bond donors (Lipinski definition) is 1. The minimum absolute atomic E-state index is 0.0385. The highest BCUT2D eigenvalue weighted by Gasteiger charge is 2.23. The van der Waals surface area contributed by atoms with Crippen molar-refractivity contribution in [3.05, 3.63) is 131 Å². The van der Waals surface area contributed by atoms with Crippen molar-refractivity contribution in [3.63, 3.8) is 0 Å². The fourth-order valence-electron chi connectivity index (χ4n) is 6.65. The molecule has 0 radical (unpaired) electrons. The summed E-state index contributed by atoms with van der Waals surface area (Å²) in [5.41, 5.74) is 11.8. The van der Waals surface area contributed by atoms with Crippen molar-refractivity contribution in [2.75, 3.05) is 13.2 Å². The van der Waals surface area contributed by atoms with Crippen LogP contribution in [-0.4, -0.2) is 39.0 Å². The summed E-state index contributed by atoms with van der Waals surface area (Å²) >= 11 is 0. The lowest BCUT2D eigenvalue weighted by Crippen LogP contribution is -2.31. The summed E-state index contributed by atoms with van der Waals surface area (Å²) in [6.07, 6.45) is 3.64. The van der Waals surface area contributed by atoms with E-state index in [9.17, 15) is 5.11 Å². The molecule has 1 atom stereocenters. The molecule has 2 aliphatic rings. The number of aliphatic hydroxyl groups is 1. The maximum absolute atomic E-state index is 9.48. The highest BCUT2D eigenvalue weighted by Crippen LogP contribution is 2.32. The molecule has 0 aliphatic carbocycles. The Morgan fingerprint density at radius 3 is 2.42 bits per heavy atom. The lowest BCUT2D eigenvalue weighted by atomic mass is 9.96. The van der Waals surface area contributed by atoms with Gasteiger partial charge in [-0.25, -0.2) is 9.97 Å². The Kier molecular flexibility index (Phi) is 10.2. The van der Waals surface area contributed by atoms with Crippen molar-refractivity contribution in [2.45, 2.75) is 72.3 Å². The lowest BCUT2D eigenvalue weighted by Gasteiger charge is -2.27. The van der Waals surface area contributed by atoms with Crippen LogP contribution in [0.15, 0.2) is 97.1 Å². The van der Waals surface area contributed by atoms with Crippen LogP contribution in [0.4, 0.5) is 0 Å². The van der Waals surface area contributed by atoms with Crippen molar-refractivity contribution in [1.29, 1.82) is 0 Å². The van der Waals surface area contributed by atoms with Crippen LogP contribution >= 0.6 is 0 Å². The Labute approximate surface area is 294 Å². The molecule has 2 aliphatic heterocycles. The normalized spacial score (nSPS) is 15.4. The number of aliphatic hydroxyl groups excluding tert-OH is 1. The molecule has 1 fully saturated rings. The Morgan fingerprint density at radius 2 is 1.62 bits per heavy atom. The highest BCUT2D eigenvalue weighted by atomic mass is 16.5. The molecule has 0 saturated carbocycles. The Bertz CT molecular complexity index is 2080. The summed E-state index contributed by atoms with van der Waals surface area (Å²) in [6.45, 7) is 8.81. The molecule has 0 spiro atoms. The van der Waals surface area contributed by atoms with Crippen LogP contribution in [0.1, 0.15) is 60.3 Å². The van der Waals surface area contributed by atoms with E-state index in [-0.39, 0.29) is 12.7 Å². The number of aromatic nitrogens is 3. The fraction of sp³-hybridized carbons (Fsp3) is 0.302. The summed E-state index contributed by atoms with van der Waals surface area (Å²) < 4.78 is 21.1. The monoisotopic (exact) mass is 667 g/mol. The van der Waals surface area contributed by atoms with Crippen molar-refractivity contribution in [1.82, 2.24) is 14.5 Å². The van der Waals surface area contributed by atoms with Crippen LogP contribution in [0.2, 0.25) is 0 Å². The zero-order chi connectivity index (χ0) is 34.5. The first-order chi connectivity index (χ1) is 24.6. The Morgan fingerprint density at radius 1 is 0.800 bits per heavy atom. The van der Waals surface area contributed by atoms with Gasteiger partial charge in [0.25, 0.3) is 0 Å². The van der Waals surface area contributed by atoms with Gasteiger partial charge in [-0.1, -0.05) is 80.6 Å². The van der Waals surface area contributed by atoms with E-state index in [1.807, 2.05) is 44.2 Å². The number of nitrogens with zero attached hydrogens (tertiary/aromatic N) is 3. The number of benzene rings is 4. The molecule has 50 heavy (non-hydrogen) atoms. The number of rotatable bonds is 6. The molecule has 6 aromatic rings. The molecule has 4 heterocycles. The van der Waals surface area contributed by atoms with Crippen LogP contribution in [0.25, 0.3) is 33.4 Å². The second-order valence-electron chi connectivity index (χ2n) is 12.9. The number of ether oxygens (including phenoxy) is 3. The first-order valence-electron chi connectivity index (χ1n) is 17.8. The third-order valence-corrected chi connectivity index (χ3v) is 9.50. The van der Waals surface area contributed by atoms with Gasteiger partial charge in [0, 0.05) is 30.2 Å². The largest absolute Gasteiger partial charge is 0.493 e. The van der Waals surface area contributed by atoms with Crippen molar-refractivity contribution in [3.8, 4) is 34.0 Å². The van der Waals surface area contributed by atoms with E-state index < -0.39 is 0 Å². The molecule has 0 amide bonds. The molecule has 256 valence electrons. The third kappa shape index (κ3) is 7.30. The molecule has 2 aromatic heterocycles. The zero-order valence-corrected chi connectivity index (χ0v) is 29.2. The standard InChI is InChI=1S/C41H39N3O4.C2H6/c1-27-7-16-37-38(20-27)44(24-35-17-19-46-35)40(42-37)23-33-14-13-32-22-39(33)47-18-3-4-30-21-31(29-10-8-28(25-45)9-11-29)12-15-34(30)26-48-41-6-2-5-36(32)43-41;1-2/h2,5-16,20-22,35,45H,3-4,17-19,23-26H2,1H3;1-2H3. The van der Waals surface area contributed by atoms with E-state index in [0.717, 1.165) is 94.1 Å². The van der Waals surface area contributed by atoms with Gasteiger partial charge in [-0.15, -0.1) is 0 Å². The van der Waals surface area contributed by atoms with Gasteiger partial charge in [0.1, 0.15) is 18.2 Å². The number of imidazole rings is 1. The lowest BCUT2D eigenvalue weighted by molar-refractivity contribution is -0.0589. The zero-order valence-electron chi connectivity index (χ0n) is 29.2. The first kappa shape index (κ1) is 33.5. The molecule has 1 unspecified atom stereocenters. The molecule has 8 rings (SSSR count). The quantitative estimate of drug-likeness (QED) is 0.191. The highest BCUT2D eigenvalue weighted by molar-refractivity contribution is 5.77. The van der Waals surface area contributed by atoms with Crippen molar-refractivity contribution in [2.24, 2.45) is 0 Å². The van der Waals surface area contributed by atoms with E-state index in [2.05, 4.69) is 78.2 Å². The second kappa shape index (κ2) is 15.3. The fourth-order valence-corrected chi connectivity index (χ4v) is 6.65. The van der Waals surface area contributed by atoms with Crippen LogP contribution in [0, 0.1) is 6.92 Å². The maximum Gasteiger partial charge on any atom is 0.214 e. The number of hydrogen-bond acceptors (Lipinski definition) is 6. The predicted octanol–water partition coefficient (Wildman–Crippen LogP) is 8.88. The summed E-state index contributed by atoms with van der Waals surface area (Å²) in [7, 11) is 0. The summed E-state index contributed by atoms with van der Waals surface area (Å²) in [4.78, 5) is 9.97. The maximum atomic E-state index is 9.48. The van der Waals surface area contributed by atoms with Gasteiger partial charge < -0.3 is 23.9 Å². The molecule has 4 bridgehead atoms. The van der Waals surface area contributed by atoms with Crippen LogP contribution in [-0.2, 0) is 37.3 Å². The topological polar surface area (TPSA) is 78.6 Å². The summed E-state index contributed by atoms with van der Waals surface area (Å²) in [6, 6.07) is 33.4. The molecule has 7 nitrogen and oxygen atoms in total. The van der Waals surface area contributed by atoms with E-state index >= 15 is 0 Å². The Hall–Kier alpha value is -4.98. The minimum Gasteiger partial charge on any atom is -0.493 e. The molecular weight excluding hydrogens is 622 g/mol. The number of pyridine rings is 1. The average molecular weight is 668 g/mol. The molecule has 1 N–H and O–H groups in total. The van der Waals surface area contributed by atoms with Gasteiger partial charge in [-0.3, -0.25) is 0 Å². The van der Waals surface area contributed by atoms with Gasteiger partial charge in [0.2, 0.25) is 5.88 Å². The average Bonchev–Trinajstić information content (AvgIpc) is 3.47. The smallest absolute Gasteiger partial charge is 0.214 e. The van der Waals surface area contributed by atoms with Gasteiger partial charge in [0.05, 0.1) is 42.6 Å².